The lowest BCUT2D eigenvalue weighted by Gasteiger charge is -2.25. The molecule has 0 fully saturated rings. The van der Waals surface area contributed by atoms with E-state index in [2.05, 4.69) is 30.5 Å². The van der Waals surface area contributed by atoms with E-state index in [0.717, 1.165) is 0 Å². The third kappa shape index (κ3) is 5.27. The van der Waals surface area contributed by atoms with E-state index in [-0.39, 0.29) is 48.2 Å². The first-order valence-electron chi connectivity index (χ1n) is 11.8. The maximum Gasteiger partial charge on any atom is 0.272 e. The van der Waals surface area contributed by atoms with Crippen LogP contribution in [0.2, 0.25) is 0 Å². The van der Waals surface area contributed by atoms with Crippen LogP contribution in [0.15, 0.2) is 96.5 Å². The van der Waals surface area contributed by atoms with E-state index in [1.165, 1.54) is 23.5 Å². The van der Waals surface area contributed by atoms with Gasteiger partial charge in [-0.25, -0.2) is 14.4 Å². The van der Waals surface area contributed by atoms with Crippen LogP contribution in [0.5, 0.6) is 0 Å². The van der Waals surface area contributed by atoms with Crippen LogP contribution in [0.25, 0.3) is 10.9 Å². The average Bonchev–Trinajstić information content (AvgIpc) is 3.44. The van der Waals surface area contributed by atoms with Crippen LogP contribution in [-0.2, 0) is 11.3 Å². The highest BCUT2D eigenvalue weighted by atomic mass is 35.5. The molecule has 0 saturated carbocycles. The Morgan fingerprint density at radius 2 is 1.68 bits per heavy atom. The second-order valence-corrected chi connectivity index (χ2v) is 8.63. The molecule has 9 nitrogen and oxygen atoms in total. The highest BCUT2D eigenvalue weighted by Gasteiger charge is 2.34. The van der Waals surface area contributed by atoms with Gasteiger partial charge >= 0.3 is 0 Å². The number of halogens is 3. The number of amides is 2. The number of fused-ring (bicyclic) bond motifs is 2. The Morgan fingerprint density at radius 3 is 2.45 bits per heavy atom. The molecule has 0 saturated heterocycles. The standard InChI is InChI=1S/C28H20FN7O2.2ClH/c29-22-10-4-1-8-19(22)25-20-9-3-6-12-24(20)36(15-17-13-30-16-31-17)28(38)26(33-25)34-27(37)21-14-32-35-23-11-5-2-7-18(21)23;;/h1-14,16,26H,15H2,(H,30,31)(H,34,37);2*1H. The summed E-state index contributed by atoms with van der Waals surface area (Å²) < 4.78 is 15.0. The molecule has 202 valence electrons. The Balaban J connectivity index is 0.00000185. The largest absolute Gasteiger partial charge is 0.347 e. The molecule has 0 aliphatic carbocycles. The van der Waals surface area contributed by atoms with Crippen molar-refractivity contribution >= 4 is 58.9 Å². The molecule has 12 heteroatoms. The molecule has 3 aromatic carbocycles. The lowest BCUT2D eigenvalue weighted by molar-refractivity contribution is -0.120. The summed E-state index contributed by atoms with van der Waals surface area (Å²) in [7, 11) is 0. The van der Waals surface area contributed by atoms with E-state index in [0.29, 0.717) is 27.8 Å². The van der Waals surface area contributed by atoms with Gasteiger partial charge in [0, 0.05) is 22.7 Å². The van der Waals surface area contributed by atoms with E-state index < -0.39 is 23.8 Å². The maximum atomic E-state index is 15.0. The van der Waals surface area contributed by atoms with Gasteiger partial charge in [0.05, 0.1) is 47.2 Å². The molecule has 5 aromatic rings. The Morgan fingerprint density at radius 1 is 0.950 bits per heavy atom. The molecule has 2 aromatic heterocycles. The van der Waals surface area contributed by atoms with Crippen molar-refractivity contribution in [1.82, 2.24) is 25.5 Å². The number of nitrogens with zero attached hydrogens (tertiary/aromatic N) is 5. The third-order valence-electron chi connectivity index (χ3n) is 6.28. The fraction of sp³-hybridized carbons (Fsp3) is 0.0714. The summed E-state index contributed by atoms with van der Waals surface area (Å²) in [6.45, 7) is 0.141. The quantitative estimate of drug-likeness (QED) is 0.319. The fourth-order valence-electron chi connectivity index (χ4n) is 4.49. The van der Waals surface area contributed by atoms with Gasteiger partial charge in [-0.05, 0) is 24.3 Å². The Hall–Kier alpha value is -4.67. The van der Waals surface area contributed by atoms with Crippen LogP contribution in [0.4, 0.5) is 10.1 Å². The number of nitrogens with one attached hydrogen (secondary N) is 2. The molecule has 2 amide bonds. The van der Waals surface area contributed by atoms with Crippen molar-refractivity contribution in [1.29, 1.82) is 0 Å². The van der Waals surface area contributed by atoms with Gasteiger partial charge in [-0.15, -0.1) is 24.8 Å². The number of rotatable bonds is 5. The molecule has 1 atom stereocenters. The molecule has 0 radical (unpaired) electrons. The van der Waals surface area contributed by atoms with Crippen molar-refractivity contribution in [3.63, 3.8) is 0 Å². The highest BCUT2D eigenvalue weighted by molar-refractivity contribution is 6.20. The van der Waals surface area contributed by atoms with Gasteiger partial charge in [0.15, 0.2) is 0 Å². The molecule has 3 heterocycles. The molecular formula is C28H22Cl2FN7O2. The number of benzodiazepines with no additional fused rings is 1. The molecule has 0 spiro atoms. The molecule has 1 aliphatic rings. The number of hydrogen-bond acceptors (Lipinski definition) is 6. The number of H-pyrrole nitrogens is 1. The molecule has 6 rings (SSSR count). The molecule has 2 N–H and O–H groups in total. The molecule has 1 unspecified atom stereocenters. The highest BCUT2D eigenvalue weighted by Crippen LogP contribution is 2.30. The second kappa shape index (κ2) is 12.0. The predicted octanol–water partition coefficient (Wildman–Crippen LogP) is 4.48. The number of benzene rings is 3. The van der Waals surface area contributed by atoms with Crippen molar-refractivity contribution in [2.24, 2.45) is 4.99 Å². The second-order valence-electron chi connectivity index (χ2n) is 8.63. The first-order valence-corrected chi connectivity index (χ1v) is 11.8. The van der Waals surface area contributed by atoms with E-state index in [4.69, 9.17) is 0 Å². The zero-order chi connectivity index (χ0) is 26.1. The number of aromatic amines is 1. The summed E-state index contributed by atoms with van der Waals surface area (Å²) in [5.41, 5.74) is 3.01. The number of aromatic nitrogens is 4. The van der Waals surface area contributed by atoms with Crippen molar-refractivity contribution in [2.75, 3.05) is 4.90 Å². The SMILES string of the molecule is Cl.Cl.O=C(NC1N=C(c2ccccc2F)c2ccccc2N(Cc2cnc[nH]2)C1=O)c1cnnc2ccccc12. The minimum absolute atomic E-state index is 0. The van der Waals surface area contributed by atoms with Crippen LogP contribution >= 0.6 is 24.8 Å². The predicted molar refractivity (Wildman–Crippen MR) is 154 cm³/mol. The van der Waals surface area contributed by atoms with Crippen LogP contribution < -0.4 is 10.2 Å². The van der Waals surface area contributed by atoms with E-state index in [9.17, 15) is 9.59 Å². The first kappa shape index (κ1) is 28.3. The summed E-state index contributed by atoms with van der Waals surface area (Å²) in [5, 5.41) is 11.3. The van der Waals surface area contributed by atoms with Crippen LogP contribution in [0.1, 0.15) is 27.2 Å². The van der Waals surface area contributed by atoms with Crippen LogP contribution in [-0.4, -0.2) is 43.9 Å². The molecular weight excluding hydrogens is 556 g/mol. The minimum atomic E-state index is -1.35. The molecule has 1 aliphatic heterocycles. The van der Waals surface area contributed by atoms with Crippen LogP contribution in [0, 0.1) is 5.82 Å². The summed E-state index contributed by atoms with van der Waals surface area (Å²) in [5.74, 6) is -1.54. The number of aliphatic imine (C=N–C) groups is 1. The molecule has 40 heavy (non-hydrogen) atoms. The van der Waals surface area contributed by atoms with Gasteiger partial charge in [-0.1, -0.05) is 48.5 Å². The summed E-state index contributed by atoms with van der Waals surface area (Å²) in [4.78, 5) is 40.7. The number of hydrogen-bond donors (Lipinski definition) is 2. The number of imidazole rings is 1. The van der Waals surface area contributed by atoms with Gasteiger partial charge in [0.2, 0.25) is 6.17 Å². The third-order valence-corrected chi connectivity index (χ3v) is 6.28. The van der Waals surface area contributed by atoms with E-state index >= 15 is 4.39 Å². The van der Waals surface area contributed by atoms with Crippen molar-refractivity contribution < 1.29 is 14.0 Å². The molecule has 0 bridgehead atoms. The van der Waals surface area contributed by atoms with Crippen molar-refractivity contribution in [2.45, 2.75) is 12.7 Å². The zero-order valence-corrected chi connectivity index (χ0v) is 22.3. The first-order chi connectivity index (χ1) is 18.6. The topological polar surface area (TPSA) is 116 Å². The smallest absolute Gasteiger partial charge is 0.272 e. The average molecular weight is 578 g/mol. The van der Waals surface area contributed by atoms with E-state index in [1.54, 1.807) is 72.9 Å². The van der Waals surface area contributed by atoms with Gasteiger partial charge < -0.3 is 15.2 Å². The summed E-state index contributed by atoms with van der Waals surface area (Å²) in [6, 6.07) is 20.4. The summed E-state index contributed by atoms with van der Waals surface area (Å²) in [6.07, 6.45) is 3.13. The maximum absolute atomic E-state index is 15.0. The monoisotopic (exact) mass is 577 g/mol. The van der Waals surface area contributed by atoms with Gasteiger partial charge in [0.1, 0.15) is 5.82 Å². The lowest BCUT2D eigenvalue weighted by atomic mass is 9.99. The Labute approximate surface area is 240 Å². The van der Waals surface area contributed by atoms with Gasteiger partial charge in [-0.2, -0.15) is 10.2 Å². The number of carbonyl (C=O) groups is 2. The normalized spacial score (nSPS) is 14.3. The fourth-order valence-corrected chi connectivity index (χ4v) is 4.49. The van der Waals surface area contributed by atoms with Crippen molar-refractivity contribution in [3.05, 3.63) is 120 Å². The zero-order valence-electron chi connectivity index (χ0n) is 20.7. The van der Waals surface area contributed by atoms with Crippen LogP contribution in [0.3, 0.4) is 0 Å². The lowest BCUT2D eigenvalue weighted by Crippen LogP contribution is -2.47. The Kier molecular flexibility index (Phi) is 8.52. The number of para-hydroxylation sites is 1. The van der Waals surface area contributed by atoms with Gasteiger partial charge in [0.25, 0.3) is 11.8 Å². The Bertz CT molecular complexity index is 1710. The summed E-state index contributed by atoms with van der Waals surface area (Å²) >= 11 is 0. The van der Waals surface area contributed by atoms with Crippen molar-refractivity contribution in [3.8, 4) is 0 Å². The minimum Gasteiger partial charge on any atom is -0.347 e. The number of anilines is 1. The number of carbonyl (C=O) groups excluding carboxylic acids is 2. The van der Waals surface area contributed by atoms with Gasteiger partial charge in [-0.3, -0.25) is 9.59 Å². The van der Waals surface area contributed by atoms with E-state index in [1.807, 2.05) is 0 Å².